The van der Waals surface area contributed by atoms with E-state index in [-0.39, 0.29) is 0 Å². The lowest BCUT2D eigenvalue weighted by atomic mass is 10.1. The Morgan fingerprint density at radius 2 is 1.71 bits per heavy atom. The van der Waals surface area contributed by atoms with Crippen LogP contribution < -0.4 is 10.2 Å². The second-order valence-electron chi connectivity index (χ2n) is 5.16. The lowest BCUT2D eigenvalue weighted by Crippen LogP contribution is -2.12. The van der Waals surface area contributed by atoms with Gasteiger partial charge in [-0.1, -0.05) is 35.9 Å². The minimum Gasteiger partial charge on any atom is -0.380 e. The van der Waals surface area contributed by atoms with Crippen molar-refractivity contribution in [3.8, 4) is 0 Å². The first-order chi connectivity index (χ1) is 10.1. The number of benzene rings is 2. The Labute approximate surface area is 131 Å². The number of halogens is 1. The summed E-state index contributed by atoms with van der Waals surface area (Å²) in [6.45, 7) is 1.40. The first kappa shape index (κ1) is 15.7. The Kier molecular flexibility index (Phi) is 5.48. The van der Waals surface area contributed by atoms with Crippen molar-refractivity contribution in [2.45, 2.75) is 13.2 Å². The van der Waals surface area contributed by atoms with Gasteiger partial charge < -0.3 is 15.0 Å². The van der Waals surface area contributed by atoms with Gasteiger partial charge in [-0.2, -0.15) is 0 Å². The minimum atomic E-state index is 0.646. The lowest BCUT2D eigenvalue weighted by molar-refractivity contribution is 0.185. The van der Waals surface area contributed by atoms with Crippen LogP contribution in [0.15, 0.2) is 42.5 Å². The number of nitrogens with zero attached hydrogens (tertiary/aromatic N) is 1. The fourth-order valence-electron chi connectivity index (χ4n) is 2.16. The van der Waals surface area contributed by atoms with Crippen molar-refractivity contribution in [2.75, 3.05) is 31.4 Å². The van der Waals surface area contributed by atoms with E-state index in [0.717, 1.165) is 22.9 Å². The van der Waals surface area contributed by atoms with Gasteiger partial charge in [-0.05, 0) is 29.3 Å². The zero-order valence-electron chi connectivity index (χ0n) is 12.7. The summed E-state index contributed by atoms with van der Waals surface area (Å²) in [6, 6.07) is 14.3. The highest BCUT2D eigenvalue weighted by atomic mass is 35.5. The summed E-state index contributed by atoms with van der Waals surface area (Å²) in [5.41, 5.74) is 4.56. The molecule has 2 rings (SSSR count). The molecule has 2 aromatic carbocycles. The van der Waals surface area contributed by atoms with Crippen LogP contribution in [-0.2, 0) is 17.9 Å². The van der Waals surface area contributed by atoms with Gasteiger partial charge in [0.1, 0.15) is 0 Å². The SMILES string of the molecule is COCc1ccc(CNc2cc(Cl)ccc2N(C)C)cc1. The van der Waals surface area contributed by atoms with Crippen molar-refractivity contribution in [3.63, 3.8) is 0 Å². The van der Waals surface area contributed by atoms with Gasteiger partial charge in [-0.3, -0.25) is 0 Å². The zero-order valence-corrected chi connectivity index (χ0v) is 13.4. The molecule has 0 saturated heterocycles. The molecule has 0 radical (unpaired) electrons. The predicted molar refractivity (Wildman–Crippen MR) is 90.3 cm³/mol. The van der Waals surface area contributed by atoms with Gasteiger partial charge >= 0.3 is 0 Å². The minimum absolute atomic E-state index is 0.646. The zero-order chi connectivity index (χ0) is 15.2. The summed E-state index contributed by atoms with van der Waals surface area (Å²) in [6.07, 6.45) is 0. The van der Waals surface area contributed by atoms with Gasteiger partial charge in [-0.25, -0.2) is 0 Å². The van der Waals surface area contributed by atoms with Crippen molar-refractivity contribution >= 4 is 23.0 Å². The number of hydrogen-bond acceptors (Lipinski definition) is 3. The van der Waals surface area contributed by atoms with Crippen LogP contribution >= 0.6 is 11.6 Å². The van der Waals surface area contributed by atoms with E-state index in [0.29, 0.717) is 6.61 Å². The summed E-state index contributed by atoms with van der Waals surface area (Å²) >= 11 is 6.09. The highest BCUT2D eigenvalue weighted by Crippen LogP contribution is 2.28. The molecule has 3 nitrogen and oxygen atoms in total. The van der Waals surface area contributed by atoms with Crippen LogP contribution in [0.25, 0.3) is 0 Å². The number of methoxy groups -OCH3 is 1. The molecular weight excluding hydrogens is 284 g/mol. The van der Waals surface area contributed by atoms with Gasteiger partial charge in [0.15, 0.2) is 0 Å². The smallest absolute Gasteiger partial charge is 0.0713 e. The highest BCUT2D eigenvalue weighted by molar-refractivity contribution is 6.31. The summed E-state index contributed by atoms with van der Waals surface area (Å²) in [7, 11) is 5.75. The van der Waals surface area contributed by atoms with Crippen molar-refractivity contribution in [1.82, 2.24) is 0 Å². The lowest BCUT2D eigenvalue weighted by Gasteiger charge is -2.19. The maximum Gasteiger partial charge on any atom is 0.0713 e. The fraction of sp³-hybridized carbons (Fsp3) is 0.294. The summed E-state index contributed by atoms with van der Waals surface area (Å²) in [5.74, 6) is 0. The van der Waals surface area contributed by atoms with E-state index in [1.165, 1.54) is 11.1 Å². The number of hydrogen-bond donors (Lipinski definition) is 1. The Balaban J connectivity index is 2.07. The van der Waals surface area contributed by atoms with Crippen molar-refractivity contribution in [2.24, 2.45) is 0 Å². The van der Waals surface area contributed by atoms with Gasteiger partial charge in [-0.15, -0.1) is 0 Å². The first-order valence-electron chi connectivity index (χ1n) is 6.87. The Hall–Kier alpha value is -1.71. The standard InChI is InChI=1S/C17H21ClN2O/c1-20(2)17-9-8-15(18)10-16(17)19-11-13-4-6-14(7-5-13)12-21-3/h4-10,19H,11-12H2,1-3H3. The molecule has 0 heterocycles. The highest BCUT2D eigenvalue weighted by Gasteiger charge is 2.05. The van der Waals surface area contributed by atoms with Crippen LogP contribution in [0.1, 0.15) is 11.1 Å². The summed E-state index contributed by atoms with van der Waals surface area (Å²) in [5, 5.41) is 4.18. The molecule has 0 aliphatic heterocycles. The molecule has 0 unspecified atom stereocenters. The molecule has 0 spiro atoms. The maximum absolute atomic E-state index is 6.09. The van der Waals surface area contributed by atoms with Crippen LogP contribution in [0.3, 0.4) is 0 Å². The third kappa shape index (κ3) is 4.38. The van der Waals surface area contributed by atoms with E-state index in [1.807, 2.05) is 32.3 Å². The Bertz CT molecular complexity index is 582. The average Bonchev–Trinajstić information content (AvgIpc) is 2.46. The largest absolute Gasteiger partial charge is 0.380 e. The summed E-state index contributed by atoms with van der Waals surface area (Å²) in [4.78, 5) is 2.07. The number of ether oxygens (including phenoxy) is 1. The van der Waals surface area contributed by atoms with E-state index in [2.05, 4.69) is 34.5 Å². The topological polar surface area (TPSA) is 24.5 Å². The molecule has 1 N–H and O–H groups in total. The molecule has 0 fully saturated rings. The van der Waals surface area contributed by atoms with E-state index in [1.54, 1.807) is 7.11 Å². The normalized spacial score (nSPS) is 10.5. The van der Waals surface area contributed by atoms with Crippen LogP contribution in [0.2, 0.25) is 5.02 Å². The van der Waals surface area contributed by atoms with Crippen molar-refractivity contribution in [1.29, 1.82) is 0 Å². The van der Waals surface area contributed by atoms with Gasteiger partial charge in [0.2, 0.25) is 0 Å². The molecule has 0 bridgehead atoms. The van der Waals surface area contributed by atoms with Gasteiger partial charge in [0.05, 0.1) is 18.0 Å². The van der Waals surface area contributed by atoms with Crippen molar-refractivity contribution < 1.29 is 4.74 Å². The molecule has 0 saturated carbocycles. The van der Waals surface area contributed by atoms with E-state index < -0.39 is 0 Å². The van der Waals surface area contributed by atoms with E-state index >= 15 is 0 Å². The molecule has 112 valence electrons. The van der Waals surface area contributed by atoms with Crippen LogP contribution in [-0.4, -0.2) is 21.2 Å². The molecular formula is C17H21ClN2O. The van der Waals surface area contributed by atoms with Gasteiger partial charge in [0, 0.05) is 32.8 Å². The third-order valence-corrected chi connectivity index (χ3v) is 3.49. The molecule has 0 aliphatic carbocycles. The van der Waals surface area contributed by atoms with Crippen LogP contribution in [0, 0.1) is 0 Å². The number of nitrogens with one attached hydrogen (secondary N) is 1. The molecule has 4 heteroatoms. The van der Waals surface area contributed by atoms with Gasteiger partial charge in [0.25, 0.3) is 0 Å². The molecule has 0 atom stereocenters. The quantitative estimate of drug-likeness (QED) is 0.867. The monoisotopic (exact) mass is 304 g/mol. The molecule has 2 aromatic rings. The molecule has 21 heavy (non-hydrogen) atoms. The molecule has 0 amide bonds. The van der Waals surface area contributed by atoms with Crippen molar-refractivity contribution in [3.05, 3.63) is 58.6 Å². The molecule has 0 aromatic heterocycles. The Morgan fingerprint density at radius 1 is 1.05 bits per heavy atom. The number of anilines is 2. The summed E-state index contributed by atoms with van der Waals surface area (Å²) < 4.78 is 5.12. The predicted octanol–water partition coefficient (Wildman–Crippen LogP) is 4.16. The van der Waals surface area contributed by atoms with Crippen LogP contribution in [0.4, 0.5) is 11.4 Å². The van der Waals surface area contributed by atoms with E-state index in [4.69, 9.17) is 16.3 Å². The first-order valence-corrected chi connectivity index (χ1v) is 7.25. The average molecular weight is 305 g/mol. The number of rotatable bonds is 6. The maximum atomic E-state index is 6.09. The third-order valence-electron chi connectivity index (χ3n) is 3.26. The fourth-order valence-corrected chi connectivity index (χ4v) is 2.33. The second kappa shape index (κ2) is 7.34. The van der Waals surface area contributed by atoms with Crippen LogP contribution in [0.5, 0.6) is 0 Å². The second-order valence-corrected chi connectivity index (χ2v) is 5.60. The molecule has 0 aliphatic rings. The van der Waals surface area contributed by atoms with E-state index in [9.17, 15) is 0 Å². The Morgan fingerprint density at radius 3 is 2.33 bits per heavy atom.